The standard InChI is InChI=1S/C7H7IN/c8-7-3-1-2-6(4-7)5-9/h1-2,4H,5,9H2. The molecule has 1 aromatic rings. The van der Waals surface area contributed by atoms with Crippen molar-refractivity contribution in [2.75, 3.05) is 0 Å². The summed E-state index contributed by atoms with van der Waals surface area (Å²) in [5, 5.41) is 0. The molecular formula is C7H7IN. The summed E-state index contributed by atoms with van der Waals surface area (Å²) in [6.45, 7) is 0.616. The lowest BCUT2D eigenvalue weighted by atomic mass is 10.2. The molecule has 0 atom stereocenters. The fourth-order valence-electron chi connectivity index (χ4n) is 0.608. The van der Waals surface area contributed by atoms with E-state index in [0.717, 1.165) is 9.13 Å². The average molecular weight is 232 g/mol. The summed E-state index contributed by atoms with van der Waals surface area (Å²) in [5.74, 6) is 0. The lowest BCUT2D eigenvalue weighted by molar-refractivity contribution is 1.07. The van der Waals surface area contributed by atoms with Crippen LogP contribution in [0.1, 0.15) is 5.56 Å². The van der Waals surface area contributed by atoms with E-state index in [1.807, 2.05) is 18.2 Å². The highest BCUT2D eigenvalue weighted by Gasteiger charge is 1.87. The van der Waals surface area contributed by atoms with Gasteiger partial charge in [-0.2, -0.15) is 0 Å². The first-order chi connectivity index (χ1) is 4.33. The number of halogens is 1. The van der Waals surface area contributed by atoms with Crippen molar-refractivity contribution in [2.24, 2.45) is 5.73 Å². The van der Waals surface area contributed by atoms with Crippen LogP contribution in [-0.4, -0.2) is 0 Å². The highest BCUT2D eigenvalue weighted by atomic mass is 127. The fraction of sp³-hybridized carbons (Fsp3) is 0.143. The number of benzene rings is 1. The minimum absolute atomic E-state index is 0.616. The van der Waals surface area contributed by atoms with Crippen molar-refractivity contribution in [3.63, 3.8) is 0 Å². The zero-order chi connectivity index (χ0) is 6.69. The summed E-state index contributed by atoms with van der Waals surface area (Å²) < 4.78 is 1.12. The molecule has 1 radical (unpaired) electrons. The second kappa shape index (κ2) is 3.17. The van der Waals surface area contributed by atoms with Crippen molar-refractivity contribution in [2.45, 2.75) is 6.54 Å². The van der Waals surface area contributed by atoms with E-state index in [1.165, 1.54) is 0 Å². The normalized spacial score (nSPS) is 9.56. The summed E-state index contributed by atoms with van der Waals surface area (Å²) in [7, 11) is 0. The zero-order valence-corrected chi connectivity index (χ0v) is 7.05. The van der Waals surface area contributed by atoms with Crippen LogP contribution in [0, 0.1) is 9.64 Å². The zero-order valence-electron chi connectivity index (χ0n) is 4.89. The van der Waals surface area contributed by atoms with E-state index in [1.54, 1.807) is 0 Å². The van der Waals surface area contributed by atoms with Crippen LogP contribution in [0.3, 0.4) is 0 Å². The molecule has 0 spiro atoms. The fourth-order valence-corrected chi connectivity index (χ4v) is 1.19. The van der Waals surface area contributed by atoms with E-state index >= 15 is 0 Å². The van der Waals surface area contributed by atoms with Gasteiger partial charge in [-0.25, -0.2) is 0 Å². The Bertz CT molecular complexity index is 198. The van der Waals surface area contributed by atoms with Crippen LogP contribution in [0.5, 0.6) is 0 Å². The van der Waals surface area contributed by atoms with Crippen LogP contribution < -0.4 is 5.73 Å². The van der Waals surface area contributed by atoms with E-state index in [9.17, 15) is 0 Å². The topological polar surface area (TPSA) is 26.0 Å². The van der Waals surface area contributed by atoms with Gasteiger partial charge >= 0.3 is 0 Å². The van der Waals surface area contributed by atoms with Crippen LogP contribution in [0.15, 0.2) is 18.2 Å². The number of hydrogen-bond acceptors (Lipinski definition) is 1. The summed E-state index contributed by atoms with van der Waals surface area (Å²) in [6.07, 6.45) is 0. The second-order valence-electron chi connectivity index (χ2n) is 1.75. The first kappa shape index (κ1) is 7.02. The van der Waals surface area contributed by atoms with E-state index in [-0.39, 0.29) is 0 Å². The van der Waals surface area contributed by atoms with Gasteiger partial charge in [0.15, 0.2) is 0 Å². The molecule has 0 heterocycles. The van der Waals surface area contributed by atoms with Gasteiger partial charge in [-0.15, -0.1) is 0 Å². The molecule has 1 aromatic carbocycles. The van der Waals surface area contributed by atoms with E-state index in [2.05, 4.69) is 28.7 Å². The van der Waals surface area contributed by atoms with Gasteiger partial charge in [0.1, 0.15) is 0 Å². The third-order valence-electron chi connectivity index (χ3n) is 1.07. The third kappa shape index (κ3) is 1.95. The van der Waals surface area contributed by atoms with Gasteiger partial charge < -0.3 is 5.73 Å². The van der Waals surface area contributed by atoms with E-state index in [4.69, 9.17) is 5.73 Å². The Morgan fingerprint density at radius 1 is 1.67 bits per heavy atom. The molecule has 1 rings (SSSR count). The highest BCUT2D eigenvalue weighted by Crippen LogP contribution is 2.05. The molecule has 9 heavy (non-hydrogen) atoms. The number of hydrogen-bond donors (Lipinski definition) is 1. The smallest absolute Gasteiger partial charge is 0.0212 e. The van der Waals surface area contributed by atoms with Crippen LogP contribution in [0.25, 0.3) is 0 Å². The highest BCUT2D eigenvalue weighted by molar-refractivity contribution is 14.1. The van der Waals surface area contributed by atoms with Gasteiger partial charge in [0.05, 0.1) is 0 Å². The van der Waals surface area contributed by atoms with Crippen molar-refractivity contribution in [3.8, 4) is 0 Å². The van der Waals surface area contributed by atoms with Gasteiger partial charge in [-0.1, -0.05) is 12.1 Å². The Labute approximate surface area is 68.4 Å². The molecule has 0 amide bonds. The molecule has 0 fully saturated rings. The van der Waals surface area contributed by atoms with Gasteiger partial charge in [0.2, 0.25) is 0 Å². The van der Waals surface area contributed by atoms with Crippen molar-refractivity contribution in [3.05, 3.63) is 33.4 Å². The minimum atomic E-state index is 0.616. The van der Waals surface area contributed by atoms with Crippen LogP contribution in [0.2, 0.25) is 0 Å². The molecule has 0 saturated carbocycles. The maximum absolute atomic E-state index is 5.40. The molecule has 1 nitrogen and oxygen atoms in total. The molecule has 47 valence electrons. The Kier molecular flexibility index (Phi) is 2.48. The molecule has 0 aliphatic carbocycles. The summed E-state index contributed by atoms with van der Waals surface area (Å²) >= 11 is 2.22. The Balaban J connectivity index is 2.94. The predicted molar refractivity (Wildman–Crippen MR) is 45.9 cm³/mol. The van der Waals surface area contributed by atoms with Gasteiger partial charge in [-0.05, 0) is 40.3 Å². The minimum Gasteiger partial charge on any atom is -0.326 e. The molecule has 2 N–H and O–H groups in total. The number of rotatable bonds is 1. The molecule has 0 saturated heterocycles. The van der Waals surface area contributed by atoms with Crippen LogP contribution >= 0.6 is 22.6 Å². The molecule has 2 heteroatoms. The quantitative estimate of drug-likeness (QED) is 0.730. The van der Waals surface area contributed by atoms with E-state index < -0.39 is 0 Å². The largest absolute Gasteiger partial charge is 0.326 e. The third-order valence-corrected chi connectivity index (χ3v) is 1.69. The molecular weight excluding hydrogens is 225 g/mol. The van der Waals surface area contributed by atoms with Crippen molar-refractivity contribution in [1.29, 1.82) is 0 Å². The van der Waals surface area contributed by atoms with Crippen molar-refractivity contribution in [1.82, 2.24) is 0 Å². The van der Waals surface area contributed by atoms with Crippen molar-refractivity contribution < 1.29 is 0 Å². The second-order valence-corrected chi connectivity index (χ2v) is 2.91. The molecule has 0 unspecified atom stereocenters. The lowest BCUT2D eigenvalue weighted by Crippen LogP contribution is -1.95. The first-order valence-electron chi connectivity index (χ1n) is 2.69. The first-order valence-corrected chi connectivity index (χ1v) is 3.77. The molecule has 0 aliphatic rings. The predicted octanol–water partition coefficient (Wildman–Crippen LogP) is 1.55. The monoisotopic (exact) mass is 232 g/mol. The Morgan fingerprint density at radius 3 is 2.89 bits per heavy atom. The maximum atomic E-state index is 5.40. The Hall–Kier alpha value is -0.0900. The lowest BCUT2D eigenvalue weighted by Gasteiger charge is -1.93. The van der Waals surface area contributed by atoms with Crippen molar-refractivity contribution >= 4 is 22.6 Å². The molecule has 0 bridgehead atoms. The van der Waals surface area contributed by atoms with Crippen LogP contribution in [0.4, 0.5) is 0 Å². The van der Waals surface area contributed by atoms with Gasteiger partial charge in [0, 0.05) is 10.1 Å². The summed E-state index contributed by atoms with van der Waals surface area (Å²) in [6, 6.07) is 8.93. The van der Waals surface area contributed by atoms with E-state index in [0.29, 0.717) is 6.54 Å². The molecule has 0 aliphatic heterocycles. The van der Waals surface area contributed by atoms with Crippen LogP contribution in [-0.2, 0) is 6.54 Å². The summed E-state index contributed by atoms with van der Waals surface area (Å²) in [5.41, 5.74) is 6.57. The number of nitrogens with two attached hydrogens (primary N) is 1. The maximum Gasteiger partial charge on any atom is 0.0212 e. The Morgan fingerprint density at radius 2 is 2.44 bits per heavy atom. The average Bonchev–Trinajstić information content (AvgIpc) is 1.88. The SMILES string of the molecule is NCc1cc[c]c(I)c1. The van der Waals surface area contributed by atoms with Gasteiger partial charge in [-0.3, -0.25) is 0 Å². The molecule has 0 aromatic heterocycles. The van der Waals surface area contributed by atoms with Gasteiger partial charge in [0.25, 0.3) is 0 Å². The summed E-state index contributed by atoms with van der Waals surface area (Å²) in [4.78, 5) is 0.